The molecule has 0 aliphatic rings. The Morgan fingerprint density at radius 1 is 1.36 bits per heavy atom. The monoisotopic (exact) mass is 373 g/mol. The van der Waals surface area contributed by atoms with Gasteiger partial charge in [0.2, 0.25) is 0 Å². The molecule has 2 aromatic rings. The van der Waals surface area contributed by atoms with Crippen molar-refractivity contribution in [1.29, 1.82) is 0 Å². The van der Waals surface area contributed by atoms with Crippen LogP contribution in [0.4, 0.5) is 0 Å². The molecular weight excluding hydrogens is 353 g/mol. The van der Waals surface area contributed by atoms with E-state index in [4.69, 9.17) is 14.9 Å². The minimum absolute atomic E-state index is 0.0388. The average molecular weight is 373 g/mol. The van der Waals surface area contributed by atoms with E-state index in [1.54, 1.807) is 18.3 Å². The molecule has 0 bridgehead atoms. The number of aliphatic hydroxyl groups excluding tert-OH is 1. The van der Waals surface area contributed by atoms with Gasteiger partial charge in [0.05, 0.1) is 13.1 Å². The van der Waals surface area contributed by atoms with Gasteiger partial charge in [0, 0.05) is 23.6 Å². The predicted molar refractivity (Wildman–Crippen MR) is 88.1 cm³/mol. The molecule has 0 saturated heterocycles. The van der Waals surface area contributed by atoms with E-state index in [1.807, 2.05) is 0 Å². The first kappa shape index (κ1) is 19.4. The maximum absolute atomic E-state index is 11.7. The number of amides is 1. The normalized spacial score (nSPS) is 13.1. The molecule has 0 aliphatic heterocycles. The number of H-pyrrole nitrogens is 1. The fourth-order valence-corrected chi connectivity index (χ4v) is 2.67. The molecule has 1 aromatic heterocycles. The van der Waals surface area contributed by atoms with Crippen molar-refractivity contribution in [2.75, 3.05) is 19.6 Å². The number of rotatable bonds is 8. The quantitative estimate of drug-likeness (QED) is 0.188. The molecule has 1 aromatic carbocycles. The number of phenolic OH excluding ortho intramolecular Hbond substituents is 1. The van der Waals surface area contributed by atoms with E-state index in [9.17, 15) is 19.7 Å². The zero-order valence-electron chi connectivity index (χ0n) is 13.2. The number of fused-ring (bicyclic) bond motifs is 1. The fourth-order valence-electron chi connectivity index (χ4n) is 2.30. The van der Waals surface area contributed by atoms with E-state index in [-0.39, 0.29) is 18.7 Å². The molecular formula is C14H20N3O7P. The number of carbonyl (C=O) groups is 1. The number of benzene rings is 1. The summed E-state index contributed by atoms with van der Waals surface area (Å²) >= 11 is 0. The van der Waals surface area contributed by atoms with Crippen molar-refractivity contribution in [3.8, 4) is 5.75 Å². The SMILES string of the molecule is O=C(CNCC(O)P(=O)(O)O)N(O)CCc1c[nH]c2cccc(O)c12. The van der Waals surface area contributed by atoms with E-state index >= 15 is 0 Å². The van der Waals surface area contributed by atoms with Gasteiger partial charge in [-0.3, -0.25) is 14.6 Å². The maximum atomic E-state index is 11.7. The maximum Gasteiger partial charge on any atom is 0.355 e. The van der Waals surface area contributed by atoms with Crippen molar-refractivity contribution in [2.24, 2.45) is 0 Å². The highest BCUT2D eigenvalue weighted by Gasteiger charge is 2.26. The molecule has 11 heteroatoms. The number of hydroxylamine groups is 2. The van der Waals surface area contributed by atoms with Gasteiger partial charge in [-0.2, -0.15) is 0 Å². The second-order valence-electron chi connectivity index (χ2n) is 5.48. The molecule has 1 unspecified atom stereocenters. The van der Waals surface area contributed by atoms with E-state index in [0.29, 0.717) is 10.4 Å². The molecule has 1 atom stereocenters. The number of aromatic nitrogens is 1. The zero-order valence-corrected chi connectivity index (χ0v) is 14.1. The third-order valence-electron chi connectivity index (χ3n) is 3.64. The van der Waals surface area contributed by atoms with Gasteiger partial charge in [0.15, 0.2) is 5.85 Å². The van der Waals surface area contributed by atoms with Gasteiger partial charge >= 0.3 is 7.60 Å². The Balaban J connectivity index is 1.84. The second-order valence-corrected chi connectivity index (χ2v) is 7.26. The summed E-state index contributed by atoms with van der Waals surface area (Å²) in [5.74, 6) is -2.54. The van der Waals surface area contributed by atoms with Crippen molar-refractivity contribution in [1.82, 2.24) is 15.4 Å². The summed E-state index contributed by atoms with van der Waals surface area (Å²) in [5.41, 5.74) is 1.46. The van der Waals surface area contributed by atoms with Gasteiger partial charge in [-0.15, -0.1) is 0 Å². The zero-order chi connectivity index (χ0) is 18.6. The topological polar surface area (TPSA) is 166 Å². The van der Waals surface area contributed by atoms with Crippen LogP contribution >= 0.6 is 7.60 Å². The largest absolute Gasteiger partial charge is 0.507 e. The van der Waals surface area contributed by atoms with Gasteiger partial charge in [-0.1, -0.05) is 6.07 Å². The van der Waals surface area contributed by atoms with Crippen LogP contribution < -0.4 is 5.32 Å². The summed E-state index contributed by atoms with van der Waals surface area (Å²) in [4.78, 5) is 32.2. The van der Waals surface area contributed by atoms with Gasteiger partial charge in [0.25, 0.3) is 5.91 Å². The summed E-state index contributed by atoms with van der Waals surface area (Å²) < 4.78 is 10.7. The summed E-state index contributed by atoms with van der Waals surface area (Å²) in [5, 5.41) is 32.2. The highest BCUT2D eigenvalue weighted by atomic mass is 31.2. The van der Waals surface area contributed by atoms with Gasteiger partial charge in [0.1, 0.15) is 5.75 Å². The van der Waals surface area contributed by atoms with Gasteiger partial charge < -0.3 is 30.3 Å². The van der Waals surface area contributed by atoms with Crippen molar-refractivity contribution < 1.29 is 34.6 Å². The molecule has 0 saturated carbocycles. The third kappa shape index (κ3) is 5.02. The van der Waals surface area contributed by atoms with Crippen molar-refractivity contribution in [3.05, 3.63) is 30.0 Å². The average Bonchev–Trinajstić information content (AvgIpc) is 2.96. The first-order valence-electron chi connectivity index (χ1n) is 7.41. The predicted octanol–water partition coefficient (Wildman–Crippen LogP) is -0.280. The molecule has 10 nitrogen and oxygen atoms in total. The molecule has 0 spiro atoms. The molecule has 1 heterocycles. The standard InChI is InChI=1S/C14H20N3O7P/c18-11-3-1-2-10-14(11)9(6-16-10)4-5-17(21)12(19)7-15-8-13(20)25(22,23)24/h1-3,6,13,15-16,18,20-21H,4-5,7-8H2,(H2,22,23,24). The molecule has 7 N–H and O–H groups in total. The summed E-state index contributed by atoms with van der Waals surface area (Å²) in [6, 6.07) is 5.02. The minimum Gasteiger partial charge on any atom is -0.507 e. The number of nitrogens with one attached hydrogen (secondary N) is 2. The Hall–Kier alpha value is -1.94. The van der Waals surface area contributed by atoms with Crippen molar-refractivity contribution in [3.63, 3.8) is 0 Å². The lowest BCUT2D eigenvalue weighted by atomic mass is 10.1. The number of hydrogen-bond acceptors (Lipinski definition) is 6. The summed E-state index contributed by atoms with van der Waals surface area (Å²) in [7, 11) is -4.64. The van der Waals surface area contributed by atoms with Gasteiger partial charge in [-0.25, -0.2) is 5.06 Å². The molecule has 0 aliphatic carbocycles. The number of nitrogens with zero attached hydrogens (tertiary/aromatic N) is 1. The van der Waals surface area contributed by atoms with E-state index in [1.165, 1.54) is 6.07 Å². The van der Waals surface area contributed by atoms with Crippen LogP contribution in [0.15, 0.2) is 24.4 Å². The highest BCUT2D eigenvalue weighted by molar-refractivity contribution is 7.52. The van der Waals surface area contributed by atoms with E-state index < -0.39 is 32.4 Å². The van der Waals surface area contributed by atoms with Crippen LogP contribution in [0, 0.1) is 0 Å². The Morgan fingerprint density at radius 2 is 2.08 bits per heavy atom. The molecule has 2 rings (SSSR count). The Labute approximate surface area is 142 Å². The summed E-state index contributed by atoms with van der Waals surface area (Å²) in [6.45, 7) is -0.921. The first-order valence-corrected chi connectivity index (χ1v) is 9.09. The number of phenols is 1. The number of carbonyl (C=O) groups excluding carboxylic acids is 1. The minimum atomic E-state index is -4.64. The van der Waals surface area contributed by atoms with E-state index in [0.717, 1.165) is 11.1 Å². The Kier molecular flexibility index (Phi) is 6.17. The van der Waals surface area contributed by atoms with Crippen molar-refractivity contribution >= 4 is 24.4 Å². The first-order chi connectivity index (χ1) is 11.7. The Bertz CT molecular complexity index is 788. The molecule has 1 amide bonds. The lowest BCUT2D eigenvalue weighted by molar-refractivity contribution is -0.164. The summed E-state index contributed by atoms with van der Waals surface area (Å²) in [6.07, 6.45) is 1.96. The van der Waals surface area contributed by atoms with Gasteiger partial charge in [-0.05, 0) is 24.1 Å². The number of aromatic amines is 1. The van der Waals surface area contributed by atoms with Crippen LogP contribution in [0.5, 0.6) is 5.75 Å². The van der Waals surface area contributed by atoms with Crippen molar-refractivity contribution in [2.45, 2.75) is 12.3 Å². The lowest BCUT2D eigenvalue weighted by Gasteiger charge is -2.17. The second kappa shape index (κ2) is 7.96. The van der Waals surface area contributed by atoms with Crippen LogP contribution in [0.3, 0.4) is 0 Å². The number of aliphatic hydroxyl groups is 1. The van der Waals surface area contributed by atoms with E-state index in [2.05, 4.69) is 10.3 Å². The fraction of sp³-hybridized carbons (Fsp3) is 0.357. The third-order valence-corrected chi connectivity index (χ3v) is 4.60. The van der Waals surface area contributed by atoms with Crippen LogP contribution in [-0.4, -0.2) is 66.6 Å². The molecule has 0 fully saturated rings. The Morgan fingerprint density at radius 3 is 2.76 bits per heavy atom. The molecule has 138 valence electrons. The van der Waals surface area contributed by atoms with Crippen LogP contribution in [-0.2, 0) is 15.8 Å². The molecule has 0 radical (unpaired) electrons. The highest BCUT2D eigenvalue weighted by Crippen LogP contribution is 2.38. The number of hydrogen-bond donors (Lipinski definition) is 7. The lowest BCUT2D eigenvalue weighted by Crippen LogP contribution is -2.39. The van der Waals surface area contributed by atoms with Crippen LogP contribution in [0.2, 0.25) is 0 Å². The smallest absolute Gasteiger partial charge is 0.355 e. The van der Waals surface area contributed by atoms with Crippen LogP contribution in [0.25, 0.3) is 10.9 Å². The molecule has 25 heavy (non-hydrogen) atoms. The number of aromatic hydroxyl groups is 1. The van der Waals surface area contributed by atoms with Crippen LogP contribution in [0.1, 0.15) is 5.56 Å².